The second-order valence-corrected chi connectivity index (χ2v) is 14.0. The normalized spacial score (nSPS) is 27.6. The van der Waals surface area contributed by atoms with Crippen molar-refractivity contribution in [3.05, 3.63) is 53.1 Å². The van der Waals surface area contributed by atoms with Gasteiger partial charge in [-0.2, -0.15) is 0 Å². The molecule has 2 amide bonds. The van der Waals surface area contributed by atoms with E-state index in [2.05, 4.69) is 24.5 Å². The summed E-state index contributed by atoms with van der Waals surface area (Å²) in [5.74, 6) is -2.15. The molecule has 2 fully saturated rings. The van der Waals surface area contributed by atoms with Crippen molar-refractivity contribution < 1.29 is 63.6 Å². The van der Waals surface area contributed by atoms with Gasteiger partial charge in [0.15, 0.2) is 12.1 Å². The number of aliphatic hydroxyl groups is 5. The maximum absolute atomic E-state index is 13.5. The van der Waals surface area contributed by atoms with Crippen molar-refractivity contribution in [2.24, 2.45) is 0 Å². The van der Waals surface area contributed by atoms with Gasteiger partial charge in [-0.25, -0.2) is 4.79 Å². The van der Waals surface area contributed by atoms with E-state index < -0.39 is 73.3 Å². The number of nitrogens with one attached hydrogen (secondary N) is 2. The van der Waals surface area contributed by atoms with Crippen molar-refractivity contribution in [3.8, 4) is 0 Å². The van der Waals surface area contributed by atoms with Gasteiger partial charge >= 0.3 is 5.97 Å². The Hall–Kier alpha value is -3.25. The number of carbonyl (C=O) groups excluding carboxylic acids is 3. The molecule has 54 heavy (non-hydrogen) atoms. The molecule has 1 aromatic rings. The lowest BCUT2D eigenvalue weighted by molar-refractivity contribution is -0.298. The number of esters is 1. The average Bonchev–Trinajstić information content (AvgIpc) is 3.54. The van der Waals surface area contributed by atoms with Crippen LogP contribution in [0.4, 0.5) is 0 Å². The highest BCUT2D eigenvalue weighted by Gasteiger charge is 2.52. The van der Waals surface area contributed by atoms with Crippen LogP contribution in [0.25, 0.3) is 6.08 Å². The fraction of sp³-hybridized carbons (Fsp3) is 0.667. The highest BCUT2D eigenvalue weighted by Crippen LogP contribution is 2.43. The third-order valence-electron chi connectivity index (χ3n) is 9.78. The first-order valence-corrected chi connectivity index (χ1v) is 19.2. The lowest BCUT2D eigenvalue weighted by Gasteiger charge is -2.39. The molecule has 8 atom stereocenters. The van der Waals surface area contributed by atoms with Gasteiger partial charge < -0.3 is 59.9 Å². The molecule has 0 radical (unpaired) electrons. The number of fused-ring (bicyclic) bond motifs is 1. The molecule has 4 rings (SSSR count). The lowest BCUT2D eigenvalue weighted by Crippen LogP contribution is -2.59. The molecule has 7 N–H and O–H groups in total. The number of unbranched alkanes of at least 4 members (excludes halogenated alkanes) is 4. The van der Waals surface area contributed by atoms with E-state index in [1.165, 1.54) is 0 Å². The SMILES string of the molecule is CCCCCC1(CCCCC)OC2C=C(C(=O)NCCC(=O)NCCO)CC(OC(=O)c3ccc(C=CCOC4OC(CO)C(O)C(O)C4O)cc3)C2O1. The van der Waals surface area contributed by atoms with Gasteiger partial charge in [-0.15, -0.1) is 0 Å². The first-order valence-electron chi connectivity index (χ1n) is 19.2. The number of aliphatic hydroxyl groups excluding tert-OH is 5. The Labute approximate surface area is 316 Å². The third kappa shape index (κ3) is 12.1. The summed E-state index contributed by atoms with van der Waals surface area (Å²) in [6.07, 6.45) is 3.61. The van der Waals surface area contributed by atoms with Crippen molar-refractivity contribution in [2.45, 2.75) is 133 Å². The smallest absolute Gasteiger partial charge is 0.338 e. The number of hydrogen-bond acceptors (Lipinski definition) is 13. The minimum absolute atomic E-state index is 0.0164. The highest BCUT2D eigenvalue weighted by atomic mass is 16.8. The van der Waals surface area contributed by atoms with Crippen LogP contribution in [-0.4, -0.2) is 131 Å². The van der Waals surface area contributed by atoms with Crippen LogP contribution in [0.2, 0.25) is 0 Å². The van der Waals surface area contributed by atoms with E-state index in [4.69, 9.17) is 28.8 Å². The van der Waals surface area contributed by atoms with Gasteiger partial charge in [0, 0.05) is 44.3 Å². The van der Waals surface area contributed by atoms with E-state index >= 15 is 0 Å². The second-order valence-electron chi connectivity index (χ2n) is 14.0. The standard InChI is InChI=1S/C39H58N2O13/c1-3-5-7-16-39(17-8-6-4-2)53-29-23-27(36(48)41-18-15-31(44)40-19-20-42)22-28(35(29)54-39)51-37(49)26-13-11-25(12-14-26)10-9-21-50-38-34(47)33(46)32(45)30(24-43)52-38/h9-14,23,28-30,32-35,38,42-43,45-47H,3-8,15-22,24H2,1-2H3,(H,40,44)(H,41,48). The van der Waals surface area contributed by atoms with Gasteiger partial charge in [-0.1, -0.05) is 63.8 Å². The summed E-state index contributed by atoms with van der Waals surface area (Å²) in [7, 11) is 0. The molecule has 0 aromatic heterocycles. The Morgan fingerprint density at radius 3 is 2.26 bits per heavy atom. The van der Waals surface area contributed by atoms with Gasteiger partial charge in [-0.3, -0.25) is 9.59 Å². The maximum atomic E-state index is 13.5. The molecule has 2 heterocycles. The monoisotopic (exact) mass is 762 g/mol. The van der Waals surface area contributed by atoms with Crippen molar-refractivity contribution >= 4 is 23.9 Å². The Bertz CT molecular complexity index is 1390. The molecule has 2 aliphatic heterocycles. The first kappa shape index (κ1) is 43.5. The zero-order valence-electron chi connectivity index (χ0n) is 31.3. The quantitative estimate of drug-likeness (QED) is 0.0700. The van der Waals surface area contributed by atoms with Gasteiger partial charge in [0.05, 0.1) is 25.4 Å². The number of amides is 2. The zero-order chi connectivity index (χ0) is 39.1. The van der Waals surface area contributed by atoms with Crippen molar-refractivity contribution in [2.75, 3.05) is 32.9 Å². The van der Waals surface area contributed by atoms with Gasteiger partial charge in [0.2, 0.25) is 11.8 Å². The highest BCUT2D eigenvalue weighted by molar-refractivity contribution is 5.94. The van der Waals surface area contributed by atoms with Gasteiger partial charge in [-0.05, 0) is 36.6 Å². The molecular weight excluding hydrogens is 704 g/mol. The summed E-state index contributed by atoms with van der Waals surface area (Å²) in [4.78, 5) is 38.8. The Kier molecular flexibility index (Phi) is 17.5. The van der Waals surface area contributed by atoms with E-state index in [0.717, 1.165) is 44.1 Å². The van der Waals surface area contributed by atoms with Crippen LogP contribution in [0, 0.1) is 0 Å². The predicted molar refractivity (Wildman–Crippen MR) is 196 cm³/mol. The number of rotatable bonds is 21. The van der Waals surface area contributed by atoms with Gasteiger partial charge in [0.1, 0.15) is 42.7 Å². The summed E-state index contributed by atoms with van der Waals surface area (Å²) in [5.41, 5.74) is 1.38. The summed E-state index contributed by atoms with van der Waals surface area (Å²) in [5, 5.41) is 53.7. The molecule has 2 saturated heterocycles. The molecule has 3 aliphatic rings. The topological polar surface area (TPSA) is 223 Å². The van der Waals surface area contributed by atoms with Crippen LogP contribution in [0.5, 0.6) is 0 Å². The van der Waals surface area contributed by atoms with Crippen LogP contribution in [0.3, 0.4) is 0 Å². The zero-order valence-corrected chi connectivity index (χ0v) is 31.3. The minimum atomic E-state index is -1.54. The molecule has 0 saturated carbocycles. The lowest BCUT2D eigenvalue weighted by atomic mass is 9.91. The van der Waals surface area contributed by atoms with Crippen LogP contribution in [0.15, 0.2) is 42.0 Å². The van der Waals surface area contributed by atoms with E-state index in [1.54, 1.807) is 42.5 Å². The number of ether oxygens (including phenoxy) is 5. The van der Waals surface area contributed by atoms with Crippen molar-refractivity contribution in [1.29, 1.82) is 0 Å². The van der Waals surface area contributed by atoms with Crippen LogP contribution >= 0.6 is 0 Å². The Morgan fingerprint density at radius 2 is 1.61 bits per heavy atom. The molecule has 302 valence electrons. The van der Waals surface area contributed by atoms with E-state index in [-0.39, 0.29) is 50.6 Å². The molecule has 15 heteroatoms. The average molecular weight is 763 g/mol. The fourth-order valence-electron chi connectivity index (χ4n) is 6.76. The molecule has 8 unspecified atom stereocenters. The Morgan fingerprint density at radius 1 is 0.907 bits per heavy atom. The third-order valence-corrected chi connectivity index (χ3v) is 9.78. The largest absolute Gasteiger partial charge is 0.456 e. The van der Waals surface area contributed by atoms with E-state index in [9.17, 15) is 34.8 Å². The molecular formula is C39H58N2O13. The number of hydrogen-bond donors (Lipinski definition) is 7. The summed E-state index contributed by atoms with van der Waals surface area (Å²) < 4.78 is 30.2. The molecule has 15 nitrogen and oxygen atoms in total. The summed E-state index contributed by atoms with van der Waals surface area (Å²) in [6, 6.07) is 6.64. The van der Waals surface area contributed by atoms with Crippen LogP contribution < -0.4 is 10.6 Å². The van der Waals surface area contributed by atoms with Gasteiger partial charge in [0.25, 0.3) is 0 Å². The van der Waals surface area contributed by atoms with Crippen molar-refractivity contribution in [1.82, 2.24) is 10.6 Å². The molecule has 1 aromatic carbocycles. The first-order chi connectivity index (χ1) is 26.0. The molecule has 0 bridgehead atoms. The predicted octanol–water partition coefficient (Wildman–Crippen LogP) is 1.63. The van der Waals surface area contributed by atoms with Crippen LogP contribution in [-0.2, 0) is 33.3 Å². The van der Waals surface area contributed by atoms with Crippen molar-refractivity contribution in [3.63, 3.8) is 0 Å². The van der Waals surface area contributed by atoms with E-state index in [1.807, 2.05) is 0 Å². The fourth-order valence-corrected chi connectivity index (χ4v) is 6.76. The number of carbonyl (C=O) groups is 3. The maximum Gasteiger partial charge on any atom is 0.338 e. The van der Waals surface area contributed by atoms with E-state index in [0.29, 0.717) is 18.4 Å². The molecule has 0 spiro atoms. The minimum Gasteiger partial charge on any atom is -0.456 e. The number of benzene rings is 1. The second kappa shape index (κ2) is 21.7. The Balaban J connectivity index is 1.42. The summed E-state index contributed by atoms with van der Waals surface area (Å²) >= 11 is 0. The molecule has 1 aliphatic carbocycles. The van der Waals surface area contributed by atoms with Crippen LogP contribution in [0.1, 0.15) is 94.0 Å². The summed E-state index contributed by atoms with van der Waals surface area (Å²) in [6.45, 7) is 3.72.